The molecule has 1 atom stereocenters. The van der Waals surface area contributed by atoms with E-state index in [4.69, 9.17) is 4.74 Å². The summed E-state index contributed by atoms with van der Waals surface area (Å²) in [6.45, 7) is 4.29. The summed E-state index contributed by atoms with van der Waals surface area (Å²) in [5.41, 5.74) is 0. The minimum atomic E-state index is -0.0482. The molecule has 2 nitrogen and oxygen atoms in total. The summed E-state index contributed by atoms with van der Waals surface area (Å²) >= 11 is 3.40. The van der Waals surface area contributed by atoms with Crippen molar-refractivity contribution in [3.05, 3.63) is 0 Å². The predicted octanol–water partition coefficient (Wildman–Crippen LogP) is 3.53. The minimum Gasteiger partial charge on any atom is -0.466 e. The highest BCUT2D eigenvalue weighted by Crippen LogP contribution is 2.12. The highest BCUT2D eigenvalue weighted by Gasteiger charge is 2.12. The summed E-state index contributed by atoms with van der Waals surface area (Å²) in [4.78, 5) is 11.2. The monoisotopic (exact) mass is 264 g/mol. The molecule has 14 heavy (non-hydrogen) atoms. The van der Waals surface area contributed by atoms with Crippen LogP contribution >= 0.6 is 15.9 Å². The Morgan fingerprint density at radius 3 is 2.50 bits per heavy atom. The van der Waals surface area contributed by atoms with E-state index in [0.29, 0.717) is 6.61 Å². The van der Waals surface area contributed by atoms with Gasteiger partial charge >= 0.3 is 5.97 Å². The van der Waals surface area contributed by atoms with E-state index in [1.165, 1.54) is 19.3 Å². The molecule has 0 rings (SSSR count). The molecular formula is C11H21BrO2. The summed E-state index contributed by atoms with van der Waals surface area (Å²) in [6, 6.07) is 0. The van der Waals surface area contributed by atoms with Gasteiger partial charge in [-0.2, -0.15) is 0 Å². The molecule has 0 fully saturated rings. The van der Waals surface area contributed by atoms with Crippen LogP contribution in [0, 0.1) is 5.92 Å². The molecule has 3 heteroatoms. The van der Waals surface area contributed by atoms with Crippen LogP contribution in [0.1, 0.15) is 46.0 Å². The second-order valence-electron chi connectivity index (χ2n) is 3.54. The van der Waals surface area contributed by atoms with E-state index >= 15 is 0 Å². The third-order valence-electron chi connectivity index (χ3n) is 2.21. The second-order valence-corrected chi connectivity index (χ2v) is 4.34. The fourth-order valence-corrected chi connectivity index (χ4v) is 1.70. The van der Waals surface area contributed by atoms with Crippen LogP contribution in [0.2, 0.25) is 0 Å². The van der Waals surface area contributed by atoms with Crippen LogP contribution in [0.4, 0.5) is 0 Å². The lowest BCUT2D eigenvalue weighted by Gasteiger charge is -2.09. The number of halogens is 1. The summed E-state index contributed by atoms with van der Waals surface area (Å²) in [6.07, 6.45) is 5.79. The van der Waals surface area contributed by atoms with Gasteiger partial charge in [0.25, 0.3) is 0 Å². The molecule has 0 heterocycles. The van der Waals surface area contributed by atoms with Crippen molar-refractivity contribution < 1.29 is 9.53 Å². The molecule has 0 saturated carbocycles. The largest absolute Gasteiger partial charge is 0.466 e. The molecule has 1 unspecified atom stereocenters. The molecule has 0 spiro atoms. The first-order valence-corrected chi connectivity index (χ1v) is 6.57. The van der Waals surface area contributed by atoms with Gasteiger partial charge in [0.1, 0.15) is 0 Å². The van der Waals surface area contributed by atoms with E-state index in [1.54, 1.807) is 0 Å². The maximum Gasteiger partial charge on any atom is 0.308 e. The topological polar surface area (TPSA) is 26.3 Å². The Labute approximate surface area is 95.5 Å². The maximum absolute atomic E-state index is 11.2. The van der Waals surface area contributed by atoms with Gasteiger partial charge in [0, 0.05) is 5.33 Å². The van der Waals surface area contributed by atoms with Gasteiger partial charge in [0.05, 0.1) is 12.5 Å². The Balaban J connectivity index is 3.34. The number of rotatable bonds is 8. The zero-order chi connectivity index (χ0) is 10.8. The van der Waals surface area contributed by atoms with Gasteiger partial charge in [-0.15, -0.1) is 0 Å². The number of carbonyl (C=O) groups excluding carboxylic acids is 1. The summed E-state index contributed by atoms with van der Waals surface area (Å²) in [7, 11) is 0. The zero-order valence-electron chi connectivity index (χ0n) is 9.22. The first-order valence-electron chi connectivity index (χ1n) is 5.45. The van der Waals surface area contributed by atoms with Crippen LogP contribution in [-0.2, 0) is 9.53 Å². The van der Waals surface area contributed by atoms with Gasteiger partial charge in [-0.25, -0.2) is 0 Å². The smallest absolute Gasteiger partial charge is 0.308 e. The number of hydrogen-bond acceptors (Lipinski definition) is 2. The Morgan fingerprint density at radius 1 is 1.29 bits per heavy atom. The van der Waals surface area contributed by atoms with Crippen LogP contribution in [-0.4, -0.2) is 17.9 Å². The van der Waals surface area contributed by atoms with Gasteiger partial charge in [0.2, 0.25) is 0 Å². The van der Waals surface area contributed by atoms with E-state index < -0.39 is 0 Å². The SMILES string of the molecule is CCOC(=O)C(C)CCCCCCBr. The van der Waals surface area contributed by atoms with Crippen molar-refractivity contribution >= 4 is 21.9 Å². The first kappa shape index (κ1) is 13.9. The Hall–Kier alpha value is -0.0500. The van der Waals surface area contributed by atoms with E-state index in [2.05, 4.69) is 15.9 Å². The normalized spacial score (nSPS) is 12.5. The van der Waals surface area contributed by atoms with Gasteiger partial charge in [0.15, 0.2) is 0 Å². The quantitative estimate of drug-likeness (QED) is 0.381. The second kappa shape index (κ2) is 9.50. The van der Waals surface area contributed by atoms with Crippen LogP contribution in [0.15, 0.2) is 0 Å². The molecule has 0 aromatic heterocycles. The fraction of sp³-hybridized carbons (Fsp3) is 0.909. The van der Waals surface area contributed by atoms with Crippen LogP contribution < -0.4 is 0 Å². The average molecular weight is 265 g/mol. The molecule has 0 aliphatic rings. The van der Waals surface area contributed by atoms with Crippen molar-refractivity contribution in [1.29, 1.82) is 0 Å². The van der Waals surface area contributed by atoms with Crippen LogP contribution in [0.5, 0.6) is 0 Å². The van der Waals surface area contributed by atoms with Crippen molar-refractivity contribution in [1.82, 2.24) is 0 Å². The van der Waals surface area contributed by atoms with E-state index in [1.807, 2.05) is 13.8 Å². The van der Waals surface area contributed by atoms with Gasteiger partial charge in [-0.05, 0) is 19.8 Å². The standard InChI is InChI=1S/C11H21BrO2/c1-3-14-11(13)10(2)8-6-4-5-7-9-12/h10H,3-9H2,1-2H3. The Bertz CT molecular complexity index is 148. The third kappa shape index (κ3) is 7.36. The van der Waals surface area contributed by atoms with Gasteiger partial charge in [-0.3, -0.25) is 4.79 Å². The first-order chi connectivity index (χ1) is 6.72. The Morgan fingerprint density at radius 2 is 1.93 bits per heavy atom. The molecule has 0 radical (unpaired) electrons. The molecule has 84 valence electrons. The number of unbranched alkanes of at least 4 members (excludes halogenated alkanes) is 3. The lowest BCUT2D eigenvalue weighted by molar-refractivity contribution is -0.147. The Kier molecular flexibility index (Phi) is 9.47. The minimum absolute atomic E-state index is 0.0482. The molecular weight excluding hydrogens is 244 g/mol. The summed E-state index contributed by atoms with van der Waals surface area (Å²) in [5, 5.41) is 1.08. The van der Waals surface area contributed by atoms with Crippen molar-refractivity contribution in [2.24, 2.45) is 5.92 Å². The van der Waals surface area contributed by atoms with E-state index in [9.17, 15) is 4.79 Å². The van der Waals surface area contributed by atoms with Crippen LogP contribution in [0.25, 0.3) is 0 Å². The predicted molar refractivity (Wildman–Crippen MR) is 62.7 cm³/mol. The molecule has 0 amide bonds. The molecule has 0 aromatic carbocycles. The van der Waals surface area contributed by atoms with Crippen molar-refractivity contribution in [2.45, 2.75) is 46.0 Å². The molecule has 0 saturated heterocycles. The molecule has 0 aliphatic carbocycles. The molecule has 0 N–H and O–H groups in total. The number of esters is 1. The average Bonchev–Trinajstić information content (AvgIpc) is 2.17. The number of hydrogen-bond donors (Lipinski definition) is 0. The lowest BCUT2D eigenvalue weighted by atomic mass is 10.0. The van der Waals surface area contributed by atoms with E-state index in [0.717, 1.165) is 18.2 Å². The number of carbonyl (C=O) groups is 1. The fourth-order valence-electron chi connectivity index (χ4n) is 1.30. The zero-order valence-corrected chi connectivity index (χ0v) is 10.8. The van der Waals surface area contributed by atoms with Crippen LogP contribution in [0.3, 0.4) is 0 Å². The summed E-state index contributed by atoms with van der Waals surface area (Å²) < 4.78 is 4.94. The maximum atomic E-state index is 11.2. The van der Waals surface area contributed by atoms with Crippen molar-refractivity contribution in [3.8, 4) is 0 Å². The van der Waals surface area contributed by atoms with E-state index in [-0.39, 0.29) is 11.9 Å². The number of alkyl halides is 1. The highest BCUT2D eigenvalue weighted by atomic mass is 79.9. The highest BCUT2D eigenvalue weighted by molar-refractivity contribution is 9.09. The molecule has 0 aliphatic heterocycles. The third-order valence-corrected chi connectivity index (χ3v) is 2.77. The van der Waals surface area contributed by atoms with Crippen molar-refractivity contribution in [3.63, 3.8) is 0 Å². The van der Waals surface area contributed by atoms with Gasteiger partial charge in [-0.1, -0.05) is 42.1 Å². The summed E-state index contributed by atoms with van der Waals surface area (Å²) in [5.74, 6) is 0.0203. The molecule has 0 aromatic rings. The molecule has 0 bridgehead atoms. The van der Waals surface area contributed by atoms with Crippen molar-refractivity contribution in [2.75, 3.05) is 11.9 Å². The number of ether oxygens (including phenoxy) is 1. The lowest BCUT2D eigenvalue weighted by Crippen LogP contribution is -2.14. The van der Waals surface area contributed by atoms with Gasteiger partial charge < -0.3 is 4.74 Å².